The predicted octanol–water partition coefficient (Wildman–Crippen LogP) is 7.53. The number of carbonyl (C=O) groups excluding carboxylic acids is 3. The summed E-state index contributed by atoms with van der Waals surface area (Å²) in [7, 11) is 0. The monoisotopic (exact) mass is 771 g/mol. The van der Waals surface area contributed by atoms with Crippen LogP contribution in [-0.4, -0.2) is 58.2 Å². The van der Waals surface area contributed by atoms with Crippen molar-refractivity contribution in [3.63, 3.8) is 0 Å². The van der Waals surface area contributed by atoms with Crippen LogP contribution in [0.5, 0.6) is 0 Å². The number of nitrogens with two attached hydrogens (primary N) is 1. The van der Waals surface area contributed by atoms with Gasteiger partial charge in [-0.2, -0.15) is 4.98 Å². The van der Waals surface area contributed by atoms with Crippen LogP contribution in [0.4, 0.5) is 10.2 Å². The van der Waals surface area contributed by atoms with Crippen LogP contribution in [0.25, 0.3) is 0 Å². The molecule has 12 nitrogen and oxygen atoms in total. The van der Waals surface area contributed by atoms with E-state index in [0.717, 1.165) is 23.6 Å². The minimum Gasteiger partial charge on any atom is -0.453 e. The van der Waals surface area contributed by atoms with Crippen molar-refractivity contribution in [3.05, 3.63) is 130 Å². The Morgan fingerprint density at radius 2 is 1.11 bits per heavy atom. The van der Waals surface area contributed by atoms with Crippen LogP contribution < -0.4 is 11.4 Å². The number of hydrogen-bond acceptors (Lipinski definition) is 11. The van der Waals surface area contributed by atoms with E-state index in [0.29, 0.717) is 29.5 Å². The molecule has 4 aromatic rings. The highest BCUT2D eigenvalue weighted by Crippen LogP contribution is 2.49. The summed E-state index contributed by atoms with van der Waals surface area (Å²) >= 11 is 0. The number of halogens is 1. The topological polar surface area (TPSA) is 158 Å². The van der Waals surface area contributed by atoms with Crippen LogP contribution in [0.3, 0.4) is 0 Å². The fourth-order valence-corrected chi connectivity index (χ4v) is 7.36. The maximum Gasteiger partial charge on any atom is 0.351 e. The van der Waals surface area contributed by atoms with Gasteiger partial charge in [0.25, 0.3) is 0 Å². The highest BCUT2D eigenvalue weighted by Gasteiger charge is 2.57. The van der Waals surface area contributed by atoms with Crippen molar-refractivity contribution in [1.29, 1.82) is 0 Å². The molecule has 6 rings (SSSR count). The lowest BCUT2D eigenvalue weighted by molar-refractivity contribution is -0.136. The van der Waals surface area contributed by atoms with Crippen molar-refractivity contribution >= 4 is 23.7 Å². The van der Waals surface area contributed by atoms with Gasteiger partial charge in [0.15, 0.2) is 30.1 Å². The Hall–Kier alpha value is -5.40. The molecule has 298 valence electrons. The van der Waals surface area contributed by atoms with Gasteiger partial charge in [-0.1, -0.05) is 96.1 Å². The molecule has 2 saturated heterocycles. The van der Waals surface area contributed by atoms with Gasteiger partial charge in [-0.05, 0) is 62.1 Å². The lowest BCUT2D eigenvalue weighted by atomic mass is 9.77. The van der Waals surface area contributed by atoms with Gasteiger partial charge in [0.05, 0.1) is 35.1 Å². The number of hydrogen-bond donors (Lipinski definition) is 1. The first-order valence-electron chi connectivity index (χ1n) is 18.9. The molecule has 2 fully saturated rings. The molecule has 8 atom stereocenters. The molecule has 3 aromatic carbocycles. The van der Waals surface area contributed by atoms with Crippen LogP contribution in [0.1, 0.15) is 105 Å². The average molecular weight is 772 g/mol. The van der Waals surface area contributed by atoms with Gasteiger partial charge in [0.2, 0.25) is 6.29 Å². The molecule has 56 heavy (non-hydrogen) atoms. The zero-order chi connectivity index (χ0) is 40.6. The number of anilines is 1. The molecule has 0 radical (unpaired) electrons. The van der Waals surface area contributed by atoms with E-state index in [4.69, 9.17) is 29.4 Å². The number of nitrogen functional groups attached to an aromatic ring is 1. The van der Waals surface area contributed by atoms with E-state index in [1.165, 1.54) is 0 Å². The second kappa shape index (κ2) is 18.0. The summed E-state index contributed by atoms with van der Waals surface area (Å²) in [6.07, 6.45) is -0.251. The molecule has 2 aliphatic heterocycles. The van der Waals surface area contributed by atoms with Crippen LogP contribution in [0.15, 0.2) is 102 Å². The summed E-state index contributed by atoms with van der Waals surface area (Å²) in [5.74, 6) is -2.81. The number of carbonyl (C=O) groups is 3. The molecule has 0 aliphatic carbocycles. The molecule has 3 heterocycles. The van der Waals surface area contributed by atoms with Gasteiger partial charge in [-0.25, -0.2) is 23.6 Å². The molecule has 0 spiro atoms. The fraction of sp³-hybridized carbons (Fsp3) is 0.419. The van der Waals surface area contributed by atoms with Crippen LogP contribution in [0.2, 0.25) is 0 Å². The van der Waals surface area contributed by atoms with Gasteiger partial charge in [-0.3, -0.25) is 4.57 Å². The third-order valence-corrected chi connectivity index (χ3v) is 11.1. The zero-order valence-corrected chi connectivity index (χ0v) is 32.6. The summed E-state index contributed by atoms with van der Waals surface area (Å²) in [5, 5.41) is 0. The van der Waals surface area contributed by atoms with Crippen molar-refractivity contribution < 1.29 is 42.5 Å². The molecule has 0 amide bonds. The Kier molecular flexibility index (Phi) is 13.4. The number of esters is 3. The van der Waals surface area contributed by atoms with E-state index in [-0.39, 0.29) is 12.2 Å². The Labute approximate surface area is 326 Å². The van der Waals surface area contributed by atoms with E-state index in [1.807, 2.05) is 53.7 Å². The number of rotatable bonds is 11. The van der Waals surface area contributed by atoms with Gasteiger partial charge < -0.3 is 29.4 Å². The summed E-state index contributed by atoms with van der Waals surface area (Å²) in [4.78, 5) is 53.8. The summed E-state index contributed by atoms with van der Waals surface area (Å²) in [6, 6.07) is 26.1. The van der Waals surface area contributed by atoms with Gasteiger partial charge in [0.1, 0.15) is 0 Å². The van der Waals surface area contributed by atoms with Crippen molar-refractivity contribution in [1.82, 2.24) is 9.55 Å². The summed E-state index contributed by atoms with van der Waals surface area (Å²) < 4.78 is 44.4. The summed E-state index contributed by atoms with van der Waals surface area (Å²) in [5.41, 5.74) is 4.86. The van der Waals surface area contributed by atoms with Gasteiger partial charge in [-0.15, -0.1) is 0 Å². The second-order valence-electron chi connectivity index (χ2n) is 14.4. The Balaban J connectivity index is 0.000000214. The van der Waals surface area contributed by atoms with Crippen molar-refractivity contribution in [2.45, 2.75) is 104 Å². The minimum absolute atomic E-state index is 0.181. The molecular weight excluding hydrogens is 721 g/mol. The van der Waals surface area contributed by atoms with E-state index in [2.05, 4.69) is 4.98 Å². The zero-order valence-electron chi connectivity index (χ0n) is 32.6. The van der Waals surface area contributed by atoms with E-state index in [9.17, 15) is 23.6 Å². The molecule has 0 saturated carbocycles. The Bertz CT molecular complexity index is 2020. The largest absolute Gasteiger partial charge is 0.453 e. The Morgan fingerprint density at radius 1 is 0.696 bits per heavy atom. The first-order chi connectivity index (χ1) is 26.8. The lowest BCUT2D eigenvalue weighted by Gasteiger charge is -2.33. The quantitative estimate of drug-likeness (QED) is 0.119. The van der Waals surface area contributed by atoms with Gasteiger partial charge >= 0.3 is 23.6 Å². The standard InChI is InChI=1S/C23H26O5.C20H24FN3O4/c1-4-18-23(3,5-2)19(27-20(24)16-12-8-6-9-13-16)22(26-18)28-21(25)17-14-10-7-11-15-17;1-4-14-20(3,5-2)15(28-18(25)12-9-7-6-8-10-12)17(27-14)24-11-13(21)16(22)23-19(24)26/h6-15,18-19,22H,4-5H2,1-3H3;6-11,14-15,17H,4-5H2,1-3H3,(H2,22,23,26). The van der Waals surface area contributed by atoms with Gasteiger partial charge in [0, 0.05) is 10.8 Å². The SMILES string of the molecule is CCC1OC(OC(=O)c2ccccc2)C(OC(=O)c2ccccc2)C1(C)CC.CCC1OC(n2cc(F)c(N)nc2=O)C(OC(=O)c2ccccc2)C1(C)CC. The smallest absolute Gasteiger partial charge is 0.351 e. The number of aromatic nitrogens is 2. The maximum atomic E-state index is 14.0. The van der Waals surface area contributed by atoms with Crippen molar-refractivity contribution in [2.75, 3.05) is 5.73 Å². The average Bonchev–Trinajstić information content (AvgIpc) is 3.65. The number of ether oxygens (including phenoxy) is 5. The van der Waals surface area contributed by atoms with E-state index < -0.39 is 70.8 Å². The first kappa shape index (κ1) is 41.8. The molecule has 13 heteroatoms. The molecular formula is C43H50FN3O9. The van der Waals surface area contributed by atoms with E-state index >= 15 is 0 Å². The Morgan fingerprint density at radius 3 is 1.55 bits per heavy atom. The van der Waals surface area contributed by atoms with Crippen molar-refractivity contribution in [3.8, 4) is 0 Å². The van der Waals surface area contributed by atoms with Crippen LogP contribution in [-0.2, 0) is 23.7 Å². The fourth-order valence-electron chi connectivity index (χ4n) is 7.36. The highest BCUT2D eigenvalue weighted by atomic mass is 19.1. The maximum absolute atomic E-state index is 14.0. The lowest BCUT2D eigenvalue weighted by Crippen LogP contribution is -2.42. The van der Waals surface area contributed by atoms with Crippen LogP contribution in [0, 0.1) is 16.6 Å². The molecule has 2 aliphatic rings. The summed E-state index contributed by atoms with van der Waals surface area (Å²) in [6.45, 7) is 11.9. The molecule has 1 aromatic heterocycles. The minimum atomic E-state index is -1.00. The van der Waals surface area contributed by atoms with Crippen LogP contribution >= 0.6 is 0 Å². The third kappa shape index (κ3) is 8.69. The predicted molar refractivity (Wildman–Crippen MR) is 206 cm³/mol. The first-order valence-corrected chi connectivity index (χ1v) is 18.9. The molecule has 0 bridgehead atoms. The van der Waals surface area contributed by atoms with E-state index in [1.54, 1.807) is 78.9 Å². The van der Waals surface area contributed by atoms with Crippen molar-refractivity contribution in [2.24, 2.45) is 10.8 Å². The molecule has 2 N–H and O–H groups in total. The highest BCUT2D eigenvalue weighted by molar-refractivity contribution is 5.90. The molecule has 8 unspecified atom stereocenters. The second-order valence-corrected chi connectivity index (χ2v) is 14.4. The number of nitrogens with zero attached hydrogens (tertiary/aromatic N) is 2. The number of benzene rings is 3. The normalized spacial score (nSPS) is 26.8. The third-order valence-electron chi connectivity index (χ3n) is 11.1.